The Hall–Kier alpha value is -2.27. The Morgan fingerprint density at radius 2 is 1.59 bits per heavy atom. The van der Waals surface area contributed by atoms with Gasteiger partial charge in [0.05, 0.1) is 5.02 Å². The largest absolute Gasteiger partial charge is 0.451 e. The molecule has 1 aliphatic heterocycles. The van der Waals surface area contributed by atoms with Gasteiger partial charge in [-0.1, -0.05) is 36.6 Å². The van der Waals surface area contributed by atoms with E-state index in [1.54, 1.807) is 23.1 Å². The molecule has 2 amide bonds. The Balaban J connectivity index is 1.38. The Morgan fingerprint density at radius 3 is 2.30 bits per heavy atom. The number of hydrogen-bond acceptors (Lipinski definition) is 3. The fourth-order valence-corrected chi connectivity index (χ4v) is 4.20. The predicted octanol–water partition coefficient (Wildman–Crippen LogP) is 4.07. The van der Waals surface area contributed by atoms with E-state index in [2.05, 4.69) is 0 Å². The highest BCUT2D eigenvalue weighted by Gasteiger charge is 2.31. The lowest BCUT2D eigenvalue weighted by Gasteiger charge is -2.35. The van der Waals surface area contributed by atoms with E-state index < -0.39 is 0 Å². The lowest BCUT2D eigenvalue weighted by molar-refractivity contribution is -0.136. The summed E-state index contributed by atoms with van der Waals surface area (Å²) in [5, 5.41) is 0.588. The molecule has 0 N–H and O–H groups in total. The number of piperazine rings is 1. The molecule has 4 rings (SSSR count). The SMILES string of the molecule is O=C(c1ccc(-c2ccccc2Cl)o1)N1CCN(C(=O)C2CCCC2)CC1. The normalized spacial score (nSPS) is 18.1. The summed E-state index contributed by atoms with van der Waals surface area (Å²) >= 11 is 6.20. The summed E-state index contributed by atoms with van der Waals surface area (Å²) in [5.41, 5.74) is 0.769. The molecule has 0 spiro atoms. The van der Waals surface area contributed by atoms with Crippen LogP contribution in [0.15, 0.2) is 40.8 Å². The summed E-state index contributed by atoms with van der Waals surface area (Å²) in [5.74, 6) is 1.20. The molecule has 142 valence electrons. The van der Waals surface area contributed by atoms with E-state index >= 15 is 0 Å². The number of hydrogen-bond donors (Lipinski definition) is 0. The molecule has 0 radical (unpaired) electrons. The van der Waals surface area contributed by atoms with Crippen molar-refractivity contribution >= 4 is 23.4 Å². The number of amides is 2. The van der Waals surface area contributed by atoms with Gasteiger partial charge in [0.1, 0.15) is 5.76 Å². The van der Waals surface area contributed by atoms with Crippen LogP contribution in [0, 0.1) is 5.92 Å². The number of rotatable bonds is 3. The Morgan fingerprint density at radius 1 is 0.926 bits per heavy atom. The number of benzene rings is 1. The number of furan rings is 1. The van der Waals surface area contributed by atoms with E-state index in [1.165, 1.54) is 0 Å². The van der Waals surface area contributed by atoms with Gasteiger partial charge >= 0.3 is 0 Å². The first-order chi connectivity index (χ1) is 13.1. The molecule has 2 aliphatic rings. The second-order valence-electron chi connectivity index (χ2n) is 7.24. The van der Waals surface area contributed by atoms with Crippen LogP contribution in [0.25, 0.3) is 11.3 Å². The molecule has 2 heterocycles. The maximum absolute atomic E-state index is 12.8. The summed E-state index contributed by atoms with van der Waals surface area (Å²) in [6.45, 7) is 2.27. The number of carbonyl (C=O) groups excluding carboxylic acids is 2. The molecule has 6 heteroatoms. The minimum absolute atomic E-state index is 0.138. The zero-order valence-electron chi connectivity index (χ0n) is 15.2. The maximum atomic E-state index is 12.8. The summed E-state index contributed by atoms with van der Waals surface area (Å²) in [7, 11) is 0. The minimum Gasteiger partial charge on any atom is -0.451 e. The smallest absolute Gasteiger partial charge is 0.289 e. The van der Waals surface area contributed by atoms with Crippen LogP contribution in [0.4, 0.5) is 0 Å². The van der Waals surface area contributed by atoms with Crippen LogP contribution >= 0.6 is 11.6 Å². The molecular weight excluding hydrogens is 364 g/mol. The molecule has 0 atom stereocenters. The number of nitrogens with zero attached hydrogens (tertiary/aromatic N) is 2. The van der Waals surface area contributed by atoms with Crippen molar-refractivity contribution in [1.29, 1.82) is 0 Å². The van der Waals surface area contributed by atoms with Crippen molar-refractivity contribution in [3.8, 4) is 11.3 Å². The van der Waals surface area contributed by atoms with Crippen molar-refractivity contribution in [2.75, 3.05) is 26.2 Å². The van der Waals surface area contributed by atoms with Crippen molar-refractivity contribution in [2.45, 2.75) is 25.7 Å². The quantitative estimate of drug-likeness (QED) is 0.798. The van der Waals surface area contributed by atoms with Gasteiger partial charge < -0.3 is 14.2 Å². The van der Waals surface area contributed by atoms with Crippen molar-refractivity contribution in [1.82, 2.24) is 9.80 Å². The van der Waals surface area contributed by atoms with Crippen LogP contribution in [0.3, 0.4) is 0 Å². The zero-order chi connectivity index (χ0) is 18.8. The highest BCUT2D eigenvalue weighted by Crippen LogP contribution is 2.30. The van der Waals surface area contributed by atoms with Crippen LogP contribution in [0.5, 0.6) is 0 Å². The number of carbonyl (C=O) groups is 2. The second-order valence-corrected chi connectivity index (χ2v) is 7.65. The van der Waals surface area contributed by atoms with Gasteiger partial charge in [-0.25, -0.2) is 0 Å². The Kier molecular flexibility index (Phi) is 5.21. The highest BCUT2D eigenvalue weighted by atomic mass is 35.5. The second kappa shape index (κ2) is 7.77. The van der Waals surface area contributed by atoms with Crippen LogP contribution in [0.1, 0.15) is 36.2 Å². The molecule has 5 nitrogen and oxygen atoms in total. The molecule has 1 aromatic carbocycles. The van der Waals surface area contributed by atoms with Crippen LogP contribution in [-0.4, -0.2) is 47.8 Å². The summed E-state index contributed by atoms with van der Waals surface area (Å²) in [6, 6.07) is 10.9. The topological polar surface area (TPSA) is 53.8 Å². The maximum Gasteiger partial charge on any atom is 0.289 e. The Bertz CT molecular complexity index is 833. The fraction of sp³-hybridized carbons (Fsp3) is 0.429. The molecule has 1 aromatic heterocycles. The summed E-state index contributed by atoms with van der Waals surface area (Å²) in [4.78, 5) is 29.0. The van der Waals surface area contributed by atoms with E-state index in [4.69, 9.17) is 16.0 Å². The van der Waals surface area contributed by atoms with Gasteiger partial charge in [-0.2, -0.15) is 0 Å². The predicted molar refractivity (Wildman–Crippen MR) is 104 cm³/mol. The van der Waals surface area contributed by atoms with Gasteiger partial charge in [-0.05, 0) is 37.1 Å². The first-order valence-corrected chi connectivity index (χ1v) is 9.94. The molecule has 1 saturated heterocycles. The molecular formula is C21H23ClN2O3. The molecule has 0 unspecified atom stereocenters. The zero-order valence-corrected chi connectivity index (χ0v) is 16.0. The molecule has 0 bridgehead atoms. The van der Waals surface area contributed by atoms with E-state index in [1.807, 2.05) is 23.1 Å². The lowest BCUT2D eigenvalue weighted by atomic mass is 10.1. The van der Waals surface area contributed by atoms with E-state index in [-0.39, 0.29) is 17.7 Å². The van der Waals surface area contributed by atoms with Crippen LogP contribution in [0.2, 0.25) is 5.02 Å². The fourth-order valence-electron chi connectivity index (χ4n) is 3.98. The lowest BCUT2D eigenvalue weighted by Crippen LogP contribution is -2.51. The number of halogens is 1. The average molecular weight is 387 g/mol. The monoisotopic (exact) mass is 386 g/mol. The third-order valence-corrected chi connectivity index (χ3v) is 5.87. The van der Waals surface area contributed by atoms with Gasteiger partial charge in [0.2, 0.25) is 5.91 Å². The minimum atomic E-state index is -0.138. The molecule has 1 saturated carbocycles. The Labute approximate surface area is 163 Å². The van der Waals surface area contributed by atoms with E-state index in [0.717, 1.165) is 31.2 Å². The van der Waals surface area contributed by atoms with Gasteiger partial charge in [0.15, 0.2) is 5.76 Å². The summed E-state index contributed by atoms with van der Waals surface area (Å²) in [6.07, 6.45) is 4.33. The van der Waals surface area contributed by atoms with Gasteiger partial charge in [-0.3, -0.25) is 9.59 Å². The van der Waals surface area contributed by atoms with Crippen molar-refractivity contribution < 1.29 is 14.0 Å². The molecule has 2 aromatic rings. The molecule has 27 heavy (non-hydrogen) atoms. The van der Waals surface area contributed by atoms with Gasteiger partial charge in [-0.15, -0.1) is 0 Å². The first-order valence-electron chi connectivity index (χ1n) is 9.56. The van der Waals surface area contributed by atoms with Crippen molar-refractivity contribution in [3.05, 3.63) is 47.2 Å². The van der Waals surface area contributed by atoms with Crippen LogP contribution < -0.4 is 0 Å². The van der Waals surface area contributed by atoms with Crippen LogP contribution in [-0.2, 0) is 4.79 Å². The average Bonchev–Trinajstić information content (AvgIpc) is 3.39. The van der Waals surface area contributed by atoms with Crippen molar-refractivity contribution in [2.24, 2.45) is 5.92 Å². The standard InChI is InChI=1S/C21H23ClN2O3/c22-17-8-4-3-7-16(17)18-9-10-19(27-18)21(26)24-13-11-23(12-14-24)20(25)15-5-1-2-6-15/h3-4,7-10,15H,1-2,5-6,11-14H2. The first kappa shape index (κ1) is 18.1. The van der Waals surface area contributed by atoms with Gasteiger partial charge in [0.25, 0.3) is 5.91 Å². The van der Waals surface area contributed by atoms with Crippen molar-refractivity contribution in [3.63, 3.8) is 0 Å². The van der Waals surface area contributed by atoms with Gasteiger partial charge in [0, 0.05) is 37.7 Å². The highest BCUT2D eigenvalue weighted by molar-refractivity contribution is 6.33. The van der Waals surface area contributed by atoms with E-state index in [0.29, 0.717) is 42.7 Å². The third kappa shape index (κ3) is 3.74. The molecule has 2 fully saturated rings. The third-order valence-electron chi connectivity index (χ3n) is 5.54. The summed E-state index contributed by atoms with van der Waals surface area (Å²) < 4.78 is 5.76. The molecule has 1 aliphatic carbocycles. The van der Waals surface area contributed by atoms with E-state index in [9.17, 15) is 9.59 Å².